The van der Waals surface area contributed by atoms with Crippen LogP contribution in [0.15, 0.2) is 52.3 Å². The molecular formula is C31H44N2O3S. The van der Waals surface area contributed by atoms with Gasteiger partial charge in [0.2, 0.25) is 0 Å². The van der Waals surface area contributed by atoms with E-state index in [2.05, 4.69) is 59.2 Å². The van der Waals surface area contributed by atoms with Crippen LogP contribution in [0, 0.1) is 0 Å². The molecule has 1 saturated heterocycles. The van der Waals surface area contributed by atoms with Crippen molar-refractivity contribution in [1.29, 1.82) is 0 Å². The first-order valence-corrected chi connectivity index (χ1v) is 15.0. The second kappa shape index (κ2) is 14.8. The summed E-state index contributed by atoms with van der Waals surface area (Å²) in [5.74, 6) is 0.889. The number of ether oxygens (including phenoxy) is 2. The Morgan fingerprint density at radius 2 is 1.70 bits per heavy atom. The lowest BCUT2D eigenvalue weighted by atomic mass is 9.96. The number of carbonyl (C=O) groups excluding carboxylic acids is 1. The van der Waals surface area contributed by atoms with Gasteiger partial charge in [0.15, 0.2) is 0 Å². The van der Waals surface area contributed by atoms with Gasteiger partial charge in [0, 0.05) is 55.0 Å². The van der Waals surface area contributed by atoms with E-state index < -0.39 is 0 Å². The Hall–Kier alpha value is -2.02. The van der Waals surface area contributed by atoms with E-state index in [0.29, 0.717) is 19.1 Å². The number of piperazine rings is 1. The lowest BCUT2D eigenvalue weighted by Gasteiger charge is -2.39. The summed E-state index contributed by atoms with van der Waals surface area (Å²) in [5, 5.41) is 0. The van der Waals surface area contributed by atoms with Gasteiger partial charge in [-0.2, -0.15) is 0 Å². The van der Waals surface area contributed by atoms with Crippen molar-refractivity contribution in [3.8, 4) is 5.75 Å². The Labute approximate surface area is 227 Å². The number of hydrogen-bond donors (Lipinski definition) is 0. The molecule has 2 aliphatic rings. The number of unbranched alkanes of at least 4 members (excludes halogenated alkanes) is 6. The van der Waals surface area contributed by atoms with E-state index in [1.807, 2.05) is 11.8 Å². The van der Waals surface area contributed by atoms with Crippen LogP contribution in [0.5, 0.6) is 5.75 Å². The summed E-state index contributed by atoms with van der Waals surface area (Å²) in [4.78, 5) is 19.9. The molecule has 2 aromatic carbocycles. The molecule has 2 aliphatic heterocycles. The van der Waals surface area contributed by atoms with Gasteiger partial charge < -0.3 is 9.47 Å². The van der Waals surface area contributed by atoms with Gasteiger partial charge in [0.05, 0.1) is 7.11 Å². The maximum atomic E-state index is 12.1. The summed E-state index contributed by atoms with van der Waals surface area (Å²) in [6.45, 7) is 7.59. The van der Waals surface area contributed by atoms with Crippen molar-refractivity contribution in [3.63, 3.8) is 0 Å². The summed E-state index contributed by atoms with van der Waals surface area (Å²) >= 11 is 1.87. The highest BCUT2D eigenvalue weighted by atomic mass is 32.2. The van der Waals surface area contributed by atoms with Crippen molar-refractivity contribution >= 4 is 17.7 Å². The Morgan fingerprint density at radius 3 is 2.49 bits per heavy atom. The van der Waals surface area contributed by atoms with Crippen molar-refractivity contribution in [3.05, 3.63) is 53.6 Å². The predicted molar refractivity (Wildman–Crippen MR) is 152 cm³/mol. The molecule has 0 aliphatic carbocycles. The minimum Gasteiger partial charge on any atom is -0.497 e. The number of hydrogen-bond acceptors (Lipinski definition) is 6. The molecule has 1 atom stereocenters. The number of rotatable bonds is 13. The van der Waals surface area contributed by atoms with Gasteiger partial charge in [0.25, 0.3) is 0 Å². The number of carbonyl (C=O) groups is 1. The molecule has 6 heteroatoms. The first kappa shape index (κ1) is 28.0. The molecule has 0 aromatic heterocycles. The van der Waals surface area contributed by atoms with Crippen LogP contribution >= 0.6 is 11.8 Å². The Morgan fingerprint density at radius 1 is 0.946 bits per heavy atom. The van der Waals surface area contributed by atoms with Crippen LogP contribution in [0.1, 0.15) is 75.5 Å². The van der Waals surface area contributed by atoms with E-state index in [-0.39, 0.29) is 5.97 Å². The van der Waals surface area contributed by atoms with Gasteiger partial charge in [-0.15, -0.1) is 0 Å². The second-order valence-corrected chi connectivity index (χ2v) is 11.4. The first-order valence-electron chi connectivity index (χ1n) is 14.2. The molecule has 0 saturated carbocycles. The highest BCUT2D eigenvalue weighted by Crippen LogP contribution is 2.44. The topological polar surface area (TPSA) is 42.0 Å². The summed E-state index contributed by atoms with van der Waals surface area (Å²) in [7, 11) is 1.75. The maximum absolute atomic E-state index is 12.1. The van der Waals surface area contributed by atoms with Gasteiger partial charge in [-0.1, -0.05) is 75.4 Å². The van der Waals surface area contributed by atoms with Crippen molar-refractivity contribution in [1.82, 2.24) is 9.80 Å². The maximum Gasteiger partial charge on any atom is 0.305 e. The van der Waals surface area contributed by atoms with E-state index in [1.54, 1.807) is 7.11 Å². The molecular weight excluding hydrogens is 480 g/mol. The standard InChI is InChI=1S/C31H44N2O3S/c1-3-4-5-6-7-8-9-14-31(34)36-22-21-32-17-19-33(20-18-32)28-23-25-12-10-11-13-29(25)37-30-16-15-26(35-2)24-27(28)30/h10-13,15-16,24,28H,3-9,14,17-23H2,1-2H3/t28-/m0/s1. The molecule has 0 N–H and O–H groups in total. The summed E-state index contributed by atoms with van der Waals surface area (Å²) < 4.78 is 11.1. The fourth-order valence-electron chi connectivity index (χ4n) is 5.43. The van der Waals surface area contributed by atoms with E-state index in [0.717, 1.165) is 57.7 Å². The zero-order chi connectivity index (χ0) is 25.9. The Kier molecular flexibility index (Phi) is 11.2. The number of nitrogens with zero attached hydrogens (tertiary/aromatic N) is 2. The summed E-state index contributed by atoms with van der Waals surface area (Å²) in [6, 6.07) is 15.7. The third kappa shape index (κ3) is 8.23. The van der Waals surface area contributed by atoms with Gasteiger partial charge in [-0.05, 0) is 48.2 Å². The molecule has 0 spiro atoms. The van der Waals surface area contributed by atoms with Gasteiger partial charge in [-0.25, -0.2) is 0 Å². The van der Waals surface area contributed by atoms with Crippen LogP contribution in [0.25, 0.3) is 0 Å². The summed E-state index contributed by atoms with van der Waals surface area (Å²) in [6.07, 6.45) is 10.1. The van der Waals surface area contributed by atoms with Crippen LogP contribution in [-0.4, -0.2) is 62.2 Å². The van der Waals surface area contributed by atoms with E-state index >= 15 is 0 Å². The average molecular weight is 525 g/mol. The molecule has 0 radical (unpaired) electrons. The molecule has 0 unspecified atom stereocenters. The molecule has 0 bridgehead atoms. The third-order valence-corrected chi connectivity index (χ3v) is 8.89. The third-order valence-electron chi connectivity index (χ3n) is 7.68. The Balaban J connectivity index is 1.23. The first-order chi connectivity index (χ1) is 18.2. The normalized spacial score (nSPS) is 18.1. The zero-order valence-corrected chi connectivity index (χ0v) is 23.6. The van der Waals surface area contributed by atoms with Crippen LogP contribution < -0.4 is 4.74 Å². The van der Waals surface area contributed by atoms with E-state index in [9.17, 15) is 4.79 Å². The van der Waals surface area contributed by atoms with Gasteiger partial charge >= 0.3 is 5.97 Å². The Bertz CT molecular complexity index is 990. The molecule has 5 nitrogen and oxygen atoms in total. The fourth-order valence-corrected chi connectivity index (χ4v) is 6.54. The van der Waals surface area contributed by atoms with Crippen LogP contribution in [0.3, 0.4) is 0 Å². The number of fused-ring (bicyclic) bond motifs is 2. The van der Waals surface area contributed by atoms with Crippen molar-refractivity contribution in [2.75, 3.05) is 46.4 Å². The highest BCUT2D eigenvalue weighted by molar-refractivity contribution is 7.99. The monoisotopic (exact) mass is 524 g/mol. The molecule has 37 heavy (non-hydrogen) atoms. The fraction of sp³-hybridized carbons (Fsp3) is 0.581. The number of benzene rings is 2. The second-order valence-electron chi connectivity index (χ2n) is 10.3. The van der Waals surface area contributed by atoms with E-state index in [4.69, 9.17) is 9.47 Å². The molecule has 2 heterocycles. The minimum atomic E-state index is -0.0348. The smallest absolute Gasteiger partial charge is 0.305 e. The lowest BCUT2D eigenvalue weighted by Crippen LogP contribution is -2.48. The van der Waals surface area contributed by atoms with Crippen molar-refractivity contribution in [2.24, 2.45) is 0 Å². The quantitative estimate of drug-likeness (QED) is 0.213. The summed E-state index contributed by atoms with van der Waals surface area (Å²) in [5.41, 5.74) is 2.79. The molecule has 2 aromatic rings. The van der Waals surface area contributed by atoms with Crippen molar-refractivity contribution < 1.29 is 14.3 Å². The highest BCUT2D eigenvalue weighted by Gasteiger charge is 2.30. The number of methoxy groups -OCH3 is 1. The average Bonchev–Trinajstić information content (AvgIpc) is 3.09. The minimum absolute atomic E-state index is 0.0348. The number of esters is 1. The molecule has 0 amide bonds. The predicted octanol–water partition coefficient (Wildman–Crippen LogP) is 6.75. The largest absolute Gasteiger partial charge is 0.497 e. The molecule has 4 rings (SSSR count). The van der Waals surface area contributed by atoms with E-state index in [1.165, 1.54) is 53.0 Å². The molecule has 1 fully saturated rings. The zero-order valence-electron chi connectivity index (χ0n) is 22.8. The van der Waals surface area contributed by atoms with Gasteiger partial charge in [0.1, 0.15) is 12.4 Å². The van der Waals surface area contributed by atoms with Crippen molar-refractivity contribution in [2.45, 2.75) is 80.5 Å². The molecule has 202 valence electrons. The SMILES string of the molecule is CCCCCCCCCC(=O)OCCN1CCN([C@H]2Cc3ccccc3Sc3ccc(OC)cc32)CC1. The lowest BCUT2D eigenvalue weighted by molar-refractivity contribution is -0.144. The van der Waals surface area contributed by atoms with Crippen LogP contribution in [0.2, 0.25) is 0 Å². The van der Waals surface area contributed by atoms with Gasteiger partial charge in [-0.3, -0.25) is 14.6 Å². The van der Waals surface area contributed by atoms with Crippen LogP contribution in [-0.2, 0) is 16.0 Å². The van der Waals surface area contributed by atoms with Crippen LogP contribution in [0.4, 0.5) is 0 Å².